The molecule has 0 radical (unpaired) electrons. The van der Waals surface area contributed by atoms with Gasteiger partial charge in [0.15, 0.2) is 0 Å². The van der Waals surface area contributed by atoms with E-state index in [4.69, 9.17) is 21.3 Å². The fourth-order valence-corrected chi connectivity index (χ4v) is 3.29. The first kappa shape index (κ1) is 19.9. The summed E-state index contributed by atoms with van der Waals surface area (Å²) in [5.41, 5.74) is 3.05. The highest BCUT2D eigenvalue weighted by molar-refractivity contribution is 6.30. The van der Waals surface area contributed by atoms with Gasteiger partial charge < -0.3 is 9.64 Å². The summed E-state index contributed by atoms with van der Waals surface area (Å²) in [6.45, 7) is 0.826. The lowest BCUT2D eigenvalue weighted by Crippen LogP contribution is -2.31. The van der Waals surface area contributed by atoms with Gasteiger partial charge in [0.1, 0.15) is 12.4 Å². The van der Waals surface area contributed by atoms with Crippen molar-refractivity contribution in [3.05, 3.63) is 89.7 Å². The monoisotopic (exact) mass is 417 g/mol. The van der Waals surface area contributed by atoms with Gasteiger partial charge in [-0.15, -0.1) is 0 Å². The Labute approximate surface area is 179 Å². The van der Waals surface area contributed by atoms with E-state index >= 15 is 0 Å². The first-order valence-electron chi connectivity index (χ1n) is 9.56. The number of amides is 1. The molecule has 30 heavy (non-hydrogen) atoms. The van der Waals surface area contributed by atoms with E-state index in [0.717, 1.165) is 27.9 Å². The van der Waals surface area contributed by atoms with Gasteiger partial charge in [-0.25, -0.2) is 4.98 Å². The number of carbonyl (C=O) groups excluding carboxylic acids is 1. The first-order valence-corrected chi connectivity index (χ1v) is 9.93. The summed E-state index contributed by atoms with van der Waals surface area (Å²) >= 11 is 5.89. The van der Waals surface area contributed by atoms with E-state index in [2.05, 4.69) is 4.98 Å². The number of halogens is 1. The van der Waals surface area contributed by atoms with Crippen molar-refractivity contribution in [1.82, 2.24) is 14.9 Å². The van der Waals surface area contributed by atoms with Gasteiger partial charge in [0.05, 0.1) is 23.3 Å². The maximum absolute atomic E-state index is 13.2. The molecule has 4 aromatic rings. The molecule has 0 atom stereocenters. The number of carbonyl (C=O) groups is 1. The number of hydrogen-bond donors (Lipinski definition) is 0. The van der Waals surface area contributed by atoms with E-state index in [0.29, 0.717) is 23.7 Å². The zero-order valence-electron chi connectivity index (χ0n) is 16.5. The van der Waals surface area contributed by atoms with Crippen molar-refractivity contribution in [3.63, 3.8) is 0 Å². The largest absolute Gasteiger partial charge is 0.492 e. The molecular formula is C24H20ClN3O2. The lowest BCUT2D eigenvalue weighted by molar-refractivity contribution is 0.0775. The number of hydrogen-bond acceptors (Lipinski definition) is 4. The number of likely N-dealkylation sites (N-methyl/N-ethyl adjacent to an activating group) is 1. The van der Waals surface area contributed by atoms with Crippen molar-refractivity contribution in [2.45, 2.75) is 0 Å². The number of pyridine rings is 2. The highest BCUT2D eigenvalue weighted by Crippen LogP contribution is 2.25. The van der Waals surface area contributed by atoms with E-state index in [9.17, 15) is 4.79 Å². The van der Waals surface area contributed by atoms with Gasteiger partial charge in [-0.2, -0.15) is 0 Å². The van der Waals surface area contributed by atoms with Crippen LogP contribution in [-0.2, 0) is 0 Å². The number of rotatable bonds is 6. The highest BCUT2D eigenvalue weighted by atomic mass is 35.5. The zero-order chi connectivity index (χ0) is 20.9. The normalized spacial score (nSPS) is 10.7. The van der Waals surface area contributed by atoms with Gasteiger partial charge in [-0.1, -0.05) is 29.8 Å². The Morgan fingerprint density at radius 1 is 1.03 bits per heavy atom. The maximum Gasteiger partial charge on any atom is 0.254 e. The van der Waals surface area contributed by atoms with E-state index < -0.39 is 0 Å². The van der Waals surface area contributed by atoms with E-state index in [1.54, 1.807) is 36.5 Å². The third-order valence-corrected chi connectivity index (χ3v) is 5.03. The molecule has 0 bridgehead atoms. The molecule has 0 saturated carbocycles. The Morgan fingerprint density at radius 3 is 2.53 bits per heavy atom. The molecule has 0 aliphatic rings. The van der Waals surface area contributed by atoms with Crippen LogP contribution in [0.25, 0.3) is 22.2 Å². The zero-order valence-corrected chi connectivity index (χ0v) is 17.2. The molecule has 5 nitrogen and oxygen atoms in total. The lowest BCUT2D eigenvalue weighted by Gasteiger charge is -2.19. The van der Waals surface area contributed by atoms with Crippen LogP contribution in [0, 0.1) is 0 Å². The summed E-state index contributed by atoms with van der Waals surface area (Å²) in [5, 5.41) is 1.48. The van der Waals surface area contributed by atoms with Crippen LogP contribution in [0.15, 0.2) is 79.1 Å². The fraction of sp³-hybridized carbons (Fsp3) is 0.125. The standard InChI is InChI=1S/C24H20ClN3O2/c1-28(14-15-30-19-8-6-18(25)7-9-19)24(29)21-16-23(17-10-12-26-13-11-17)27-22-5-3-2-4-20(21)22/h2-13,16H,14-15H2,1H3. The molecule has 1 amide bonds. The minimum absolute atomic E-state index is 0.0800. The maximum atomic E-state index is 13.2. The minimum Gasteiger partial charge on any atom is -0.492 e. The lowest BCUT2D eigenvalue weighted by atomic mass is 10.0. The molecule has 150 valence electrons. The van der Waals surface area contributed by atoms with Crippen LogP contribution in [0.3, 0.4) is 0 Å². The van der Waals surface area contributed by atoms with Gasteiger partial charge in [0.2, 0.25) is 0 Å². The number of fused-ring (bicyclic) bond motifs is 1. The van der Waals surface area contributed by atoms with E-state index in [-0.39, 0.29) is 5.91 Å². The molecule has 2 heterocycles. The van der Waals surface area contributed by atoms with Crippen LogP contribution in [0.1, 0.15) is 10.4 Å². The molecule has 0 fully saturated rings. The number of nitrogens with zero attached hydrogens (tertiary/aromatic N) is 3. The van der Waals surface area contributed by atoms with Gasteiger partial charge in [0.25, 0.3) is 5.91 Å². The number of benzene rings is 2. The number of aromatic nitrogens is 2. The van der Waals surface area contributed by atoms with Crippen molar-refractivity contribution >= 4 is 28.4 Å². The fourth-order valence-electron chi connectivity index (χ4n) is 3.16. The third-order valence-electron chi connectivity index (χ3n) is 4.78. The molecule has 2 aromatic heterocycles. The summed E-state index contributed by atoms with van der Waals surface area (Å²) in [6, 6.07) is 20.4. The first-order chi connectivity index (χ1) is 14.6. The Kier molecular flexibility index (Phi) is 5.91. The van der Waals surface area contributed by atoms with E-state index in [1.165, 1.54) is 0 Å². The smallest absolute Gasteiger partial charge is 0.254 e. The van der Waals surface area contributed by atoms with Gasteiger partial charge in [-0.3, -0.25) is 9.78 Å². The molecule has 6 heteroatoms. The highest BCUT2D eigenvalue weighted by Gasteiger charge is 2.17. The topological polar surface area (TPSA) is 55.3 Å². The van der Waals surface area contributed by atoms with Crippen LogP contribution in [-0.4, -0.2) is 41.0 Å². The predicted octanol–water partition coefficient (Wildman–Crippen LogP) is 5.10. The molecule has 0 saturated heterocycles. The second kappa shape index (κ2) is 8.93. The quantitative estimate of drug-likeness (QED) is 0.438. The van der Waals surface area contributed by atoms with Crippen LogP contribution in [0.4, 0.5) is 0 Å². The summed E-state index contributed by atoms with van der Waals surface area (Å²) in [6.07, 6.45) is 3.43. The van der Waals surface area contributed by atoms with Gasteiger partial charge in [-0.05, 0) is 48.5 Å². The summed E-state index contributed by atoms with van der Waals surface area (Å²) in [7, 11) is 1.77. The third kappa shape index (κ3) is 4.42. The SMILES string of the molecule is CN(CCOc1ccc(Cl)cc1)C(=O)c1cc(-c2ccncc2)nc2ccccc12. The van der Waals surface area contributed by atoms with Crippen molar-refractivity contribution < 1.29 is 9.53 Å². The molecule has 0 unspecified atom stereocenters. The van der Waals surface area contributed by atoms with Crippen molar-refractivity contribution in [2.75, 3.05) is 20.2 Å². The van der Waals surface area contributed by atoms with Crippen molar-refractivity contribution in [3.8, 4) is 17.0 Å². The van der Waals surface area contributed by atoms with Gasteiger partial charge >= 0.3 is 0 Å². The second-order valence-corrected chi connectivity index (χ2v) is 7.27. The predicted molar refractivity (Wildman–Crippen MR) is 119 cm³/mol. The van der Waals surface area contributed by atoms with Crippen LogP contribution in [0.5, 0.6) is 5.75 Å². The van der Waals surface area contributed by atoms with Crippen molar-refractivity contribution in [1.29, 1.82) is 0 Å². The molecule has 4 rings (SSSR count). The number of para-hydroxylation sites is 1. The molecule has 0 spiro atoms. The summed E-state index contributed by atoms with van der Waals surface area (Å²) in [4.78, 5) is 23.7. The average molecular weight is 418 g/mol. The second-order valence-electron chi connectivity index (χ2n) is 6.84. The number of ether oxygens (including phenoxy) is 1. The Hall–Kier alpha value is -3.44. The Balaban J connectivity index is 1.56. The Bertz CT molecular complexity index is 1160. The van der Waals surface area contributed by atoms with Crippen LogP contribution < -0.4 is 4.74 Å². The summed E-state index contributed by atoms with van der Waals surface area (Å²) < 4.78 is 5.73. The average Bonchev–Trinajstić information content (AvgIpc) is 2.79. The van der Waals surface area contributed by atoms with Crippen molar-refractivity contribution in [2.24, 2.45) is 0 Å². The van der Waals surface area contributed by atoms with Crippen LogP contribution in [0.2, 0.25) is 5.02 Å². The minimum atomic E-state index is -0.0800. The molecule has 2 aromatic carbocycles. The molecule has 0 aliphatic carbocycles. The Morgan fingerprint density at radius 2 is 1.77 bits per heavy atom. The molecular weight excluding hydrogens is 398 g/mol. The van der Waals surface area contributed by atoms with Crippen LogP contribution >= 0.6 is 11.6 Å². The van der Waals surface area contributed by atoms with E-state index in [1.807, 2.05) is 54.6 Å². The molecule has 0 N–H and O–H groups in total. The molecule has 0 aliphatic heterocycles. The summed E-state index contributed by atoms with van der Waals surface area (Å²) in [5.74, 6) is 0.637. The van der Waals surface area contributed by atoms with Gasteiger partial charge in [0, 0.05) is 35.4 Å².